The van der Waals surface area contributed by atoms with Crippen LogP contribution in [0.1, 0.15) is 6.92 Å². The van der Waals surface area contributed by atoms with Crippen LogP contribution < -0.4 is 0 Å². The topological polar surface area (TPSA) is 32.8 Å². The number of nitrogens with zero attached hydrogens (tertiary/aromatic N) is 2. The van der Waals surface area contributed by atoms with Crippen molar-refractivity contribution < 1.29 is 9.53 Å². The molecule has 7 heteroatoms. The van der Waals surface area contributed by atoms with Crippen LogP contribution in [0, 0.1) is 0 Å². The van der Waals surface area contributed by atoms with Crippen LogP contribution in [0.4, 0.5) is 0 Å². The Balaban J connectivity index is 2.72. The quantitative estimate of drug-likeness (QED) is 0.738. The maximum absolute atomic E-state index is 11.8. The van der Waals surface area contributed by atoms with Gasteiger partial charge in [-0.1, -0.05) is 34.8 Å². The van der Waals surface area contributed by atoms with Gasteiger partial charge in [0.05, 0.1) is 0 Å². The third-order valence-corrected chi connectivity index (χ3v) is 2.88. The lowest BCUT2D eigenvalue weighted by Gasteiger charge is -2.29. The van der Waals surface area contributed by atoms with Crippen LogP contribution in [0.15, 0.2) is 0 Å². The van der Waals surface area contributed by atoms with Crippen molar-refractivity contribution in [3.05, 3.63) is 0 Å². The third kappa shape index (κ3) is 3.37. The third-order valence-electron chi connectivity index (χ3n) is 2.32. The van der Waals surface area contributed by atoms with E-state index in [2.05, 4.69) is 0 Å². The molecule has 1 heterocycles. The summed E-state index contributed by atoms with van der Waals surface area (Å²) < 4.78 is 3.73. The molecular weight excluding hydrogens is 274 g/mol. The molecule has 16 heavy (non-hydrogen) atoms. The van der Waals surface area contributed by atoms with Crippen LogP contribution in [0.5, 0.6) is 0 Å². The number of hydrogen-bond acceptors (Lipinski definition) is 3. The van der Waals surface area contributed by atoms with Gasteiger partial charge in [-0.25, -0.2) is 0 Å². The second-order valence-corrected chi connectivity index (χ2v) is 6.38. The summed E-state index contributed by atoms with van der Waals surface area (Å²) in [6.07, 6.45) is -1.36. The summed E-state index contributed by atoms with van der Waals surface area (Å²) in [6.45, 7) is 2.83. The number of carbonyl (C=O) groups is 1. The molecule has 94 valence electrons. The number of rotatable bonds is 3. The van der Waals surface area contributed by atoms with Crippen molar-refractivity contribution in [3.63, 3.8) is 0 Å². The van der Waals surface area contributed by atoms with Crippen LogP contribution in [-0.2, 0) is 9.53 Å². The standard InChI is InChI=1S/C9H15Cl3N2O2/c1-6-7(15)14(5-4-13(2)3)8(16-6)9(10,11)12/h6,8H,4-5H2,1-3H3/t6-,8+/m1/s1. The lowest BCUT2D eigenvalue weighted by atomic mass is 10.3. The summed E-state index contributed by atoms with van der Waals surface area (Å²) in [5, 5.41) is 0. The van der Waals surface area contributed by atoms with Gasteiger partial charge < -0.3 is 14.5 Å². The van der Waals surface area contributed by atoms with Crippen LogP contribution >= 0.6 is 34.8 Å². The number of ether oxygens (including phenoxy) is 1. The normalized spacial score (nSPS) is 26.9. The number of carbonyl (C=O) groups excluding carboxylic acids is 1. The summed E-state index contributed by atoms with van der Waals surface area (Å²) >= 11 is 17.3. The van der Waals surface area contributed by atoms with E-state index >= 15 is 0 Å². The fraction of sp³-hybridized carbons (Fsp3) is 0.889. The zero-order valence-corrected chi connectivity index (χ0v) is 11.7. The SMILES string of the molecule is C[C@H]1O[C@@H](C(Cl)(Cl)Cl)N(CCN(C)C)C1=O. The van der Waals surface area contributed by atoms with Crippen molar-refractivity contribution in [2.24, 2.45) is 0 Å². The first-order valence-corrected chi connectivity index (χ1v) is 6.04. The van der Waals surface area contributed by atoms with Crippen molar-refractivity contribution in [2.45, 2.75) is 23.0 Å². The molecule has 1 amide bonds. The van der Waals surface area contributed by atoms with Gasteiger partial charge in [0.15, 0.2) is 6.23 Å². The van der Waals surface area contributed by atoms with E-state index in [1.54, 1.807) is 6.92 Å². The molecule has 2 atom stereocenters. The summed E-state index contributed by atoms with van der Waals surface area (Å²) in [5.41, 5.74) is 0. The molecule has 0 unspecified atom stereocenters. The lowest BCUT2D eigenvalue weighted by molar-refractivity contribution is -0.130. The molecule has 1 saturated heterocycles. The van der Waals surface area contributed by atoms with Crippen molar-refractivity contribution in [1.29, 1.82) is 0 Å². The Morgan fingerprint density at radius 3 is 2.44 bits per heavy atom. The highest BCUT2D eigenvalue weighted by Gasteiger charge is 2.48. The summed E-state index contributed by atoms with van der Waals surface area (Å²) in [7, 11) is 3.82. The molecule has 0 spiro atoms. The number of likely N-dealkylation sites (N-methyl/N-ethyl adjacent to an activating group) is 1. The molecule has 0 bridgehead atoms. The second-order valence-electron chi connectivity index (χ2n) is 4.01. The first kappa shape index (κ1) is 14.3. The number of amides is 1. The molecule has 0 aromatic rings. The minimum Gasteiger partial charge on any atom is -0.341 e. The summed E-state index contributed by atoms with van der Waals surface area (Å²) in [6, 6.07) is 0. The van der Waals surface area contributed by atoms with E-state index in [1.165, 1.54) is 4.90 Å². The van der Waals surface area contributed by atoms with E-state index in [-0.39, 0.29) is 5.91 Å². The molecule has 4 nitrogen and oxygen atoms in total. The zero-order valence-electron chi connectivity index (χ0n) is 9.41. The predicted octanol–water partition coefficient (Wildman–Crippen LogP) is 1.49. The Bertz CT molecular complexity index is 268. The van der Waals surface area contributed by atoms with Crippen molar-refractivity contribution in [3.8, 4) is 0 Å². The van der Waals surface area contributed by atoms with Crippen LogP contribution in [0.25, 0.3) is 0 Å². The molecule has 0 aliphatic carbocycles. The fourth-order valence-electron chi connectivity index (χ4n) is 1.46. The molecule has 0 aromatic heterocycles. The van der Waals surface area contributed by atoms with E-state index in [0.29, 0.717) is 13.1 Å². The maximum atomic E-state index is 11.8. The van der Waals surface area contributed by atoms with Crippen LogP contribution in [-0.4, -0.2) is 59.0 Å². The van der Waals surface area contributed by atoms with Gasteiger partial charge in [0.1, 0.15) is 6.10 Å². The minimum absolute atomic E-state index is 0.141. The molecule has 0 N–H and O–H groups in total. The monoisotopic (exact) mass is 288 g/mol. The number of hydrogen-bond donors (Lipinski definition) is 0. The van der Waals surface area contributed by atoms with E-state index in [1.807, 2.05) is 19.0 Å². The largest absolute Gasteiger partial charge is 0.341 e. The Kier molecular flexibility index (Phi) is 4.72. The van der Waals surface area contributed by atoms with Crippen molar-refractivity contribution in [1.82, 2.24) is 9.80 Å². The van der Waals surface area contributed by atoms with Gasteiger partial charge in [-0.2, -0.15) is 0 Å². The van der Waals surface area contributed by atoms with Gasteiger partial charge in [0, 0.05) is 13.1 Å². The fourth-order valence-corrected chi connectivity index (χ4v) is 1.97. The first-order chi connectivity index (χ1) is 7.23. The lowest BCUT2D eigenvalue weighted by Crippen LogP contribution is -2.45. The van der Waals surface area contributed by atoms with Crippen molar-refractivity contribution in [2.75, 3.05) is 27.2 Å². The Morgan fingerprint density at radius 1 is 1.44 bits per heavy atom. The smallest absolute Gasteiger partial charge is 0.253 e. The molecule has 0 radical (unpaired) electrons. The average Bonchev–Trinajstić information content (AvgIpc) is 2.40. The summed E-state index contributed by atoms with van der Waals surface area (Å²) in [5.74, 6) is -0.141. The zero-order chi connectivity index (χ0) is 12.5. The van der Waals surface area contributed by atoms with E-state index in [4.69, 9.17) is 39.5 Å². The van der Waals surface area contributed by atoms with Gasteiger partial charge in [-0.05, 0) is 21.0 Å². The number of alkyl halides is 3. The summed E-state index contributed by atoms with van der Waals surface area (Å²) in [4.78, 5) is 15.2. The van der Waals surface area contributed by atoms with E-state index < -0.39 is 16.1 Å². The van der Waals surface area contributed by atoms with Gasteiger partial charge >= 0.3 is 0 Å². The Hall–Kier alpha value is 0.260. The molecule has 1 fully saturated rings. The average molecular weight is 290 g/mol. The van der Waals surface area contributed by atoms with Gasteiger partial charge in [-0.3, -0.25) is 4.79 Å². The Morgan fingerprint density at radius 2 is 2.00 bits per heavy atom. The molecule has 1 rings (SSSR count). The highest BCUT2D eigenvalue weighted by molar-refractivity contribution is 6.68. The highest BCUT2D eigenvalue weighted by Crippen LogP contribution is 2.38. The van der Waals surface area contributed by atoms with Crippen molar-refractivity contribution >= 4 is 40.7 Å². The molecule has 1 aliphatic heterocycles. The van der Waals surface area contributed by atoms with Gasteiger partial charge in [0.2, 0.25) is 3.79 Å². The predicted molar refractivity (Wildman–Crippen MR) is 64.9 cm³/mol. The van der Waals surface area contributed by atoms with Gasteiger partial charge in [0.25, 0.3) is 5.91 Å². The van der Waals surface area contributed by atoms with Crippen LogP contribution in [0.2, 0.25) is 0 Å². The van der Waals surface area contributed by atoms with E-state index in [9.17, 15) is 4.79 Å². The molecule has 0 aromatic carbocycles. The van der Waals surface area contributed by atoms with Gasteiger partial charge in [-0.15, -0.1) is 0 Å². The second kappa shape index (κ2) is 5.27. The first-order valence-electron chi connectivity index (χ1n) is 4.91. The number of halogens is 3. The van der Waals surface area contributed by atoms with Crippen LogP contribution in [0.3, 0.4) is 0 Å². The Labute approximate surface area is 110 Å². The van der Waals surface area contributed by atoms with E-state index in [0.717, 1.165) is 0 Å². The molecule has 1 aliphatic rings. The molecule has 0 saturated carbocycles. The maximum Gasteiger partial charge on any atom is 0.253 e. The molecular formula is C9H15Cl3N2O2. The highest BCUT2D eigenvalue weighted by atomic mass is 35.6. The minimum atomic E-state index is -1.62.